The van der Waals surface area contributed by atoms with E-state index >= 15 is 0 Å². The summed E-state index contributed by atoms with van der Waals surface area (Å²) in [4.78, 5) is 18.7. The van der Waals surface area contributed by atoms with Crippen molar-refractivity contribution in [3.63, 3.8) is 0 Å². The Kier molecular flexibility index (Phi) is 5.12. The Morgan fingerprint density at radius 3 is 2.77 bits per heavy atom. The van der Waals surface area contributed by atoms with Crippen LogP contribution >= 0.6 is 11.3 Å². The zero-order chi connectivity index (χ0) is 18.7. The van der Waals surface area contributed by atoms with Gasteiger partial charge in [-0.1, -0.05) is 0 Å². The third-order valence-electron chi connectivity index (χ3n) is 3.87. The molecule has 3 rings (SSSR count). The van der Waals surface area contributed by atoms with Crippen molar-refractivity contribution in [2.45, 2.75) is 20.4 Å². The van der Waals surface area contributed by atoms with Gasteiger partial charge in [-0.2, -0.15) is 0 Å². The van der Waals surface area contributed by atoms with Crippen molar-refractivity contribution in [2.75, 3.05) is 24.3 Å². The predicted octanol–water partition coefficient (Wildman–Crippen LogP) is 2.12. The first-order chi connectivity index (χ1) is 12.4. The van der Waals surface area contributed by atoms with E-state index in [4.69, 9.17) is 0 Å². The Balaban J connectivity index is 1.68. The van der Waals surface area contributed by atoms with Crippen LogP contribution < -0.4 is 15.5 Å². The van der Waals surface area contributed by atoms with Crippen molar-refractivity contribution in [3.8, 4) is 5.69 Å². The van der Waals surface area contributed by atoms with Gasteiger partial charge in [0.05, 0.1) is 17.9 Å². The van der Waals surface area contributed by atoms with Gasteiger partial charge in [0, 0.05) is 25.2 Å². The number of thiazole rings is 1. The number of carbonyl (C=O) groups is 1. The second kappa shape index (κ2) is 7.48. The SMILES string of the molecule is Cc1cc(-n2cnnn2)cc(NC(=O)NCc2csc(N(C)C)n2)c1C. The fourth-order valence-electron chi connectivity index (χ4n) is 2.30. The highest BCUT2D eigenvalue weighted by Crippen LogP contribution is 2.23. The lowest BCUT2D eigenvalue weighted by Crippen LogP contribution is -2.28. The Hall–Kier alpha value is -3.01. The Labute approximate surface area is 155 Å². The number of hydrogen-bond donors (Lipinski definition) is 2. The number of nitrogens with zero attached hydrogens (tertiary/aromatic N) is 6. The van der Waals surface area contributed by atoms with Crippen molar-refractivity contribution in [2.24, 2.45) is 0 Å². The molecule has 136 valence electrons. The lowest BCUT2D eigenvalue weighted by atomic mass is 10.1. The van der Waals surface area contributed by atoms with Crippen LogP contribution in [0, 0.1) is 13.8 Å². The first kappa shape index (κ1) is 17.8. The molecule has 2 heterocycles. The number of carbonyl (C=O) groups excluding carboxylic acids is 1. The number of rotatable bonds is 5. The van der Waals surface area contributed by atoms with Gasteiger partial charge in [0.15, 0.2) is 5.13 Å². The number of tetrazole rings is 1. The number of benzene rings is 1. The highest BCUT2D eigenvalue weighted by atomic mass is 32.1. The highest BCUT2D eigenvalue weighted by Gasteiger charge is 2.11. The van der Waals surface area contributed by atoms with Crippen molar-refractivity contribution < 1.29 is 4.79 Å². The first-order valence-corrected chi connectivity index (χ1v) is 8.83. The maximum atomic E-state index is 12.3. The predicted molar refractivity (Wildman–Crippen MR) is 101 cm³/mol. The molecule has 0 spiro atoms. The lowest BCUT2D eigenvalue weighted by Gasteiger charge is -2.13. The highest BCUT2D eigenvalue weighted by molar-refractivity contribution is 7.13. The van der Waals surface area contributed by atoms with Crippen molar-refractivity contribution in [1.82, 2.24) is 30.5 Å². The van der Waals surface area contributed by atoms with Crippen molar-refractivity contribution in [1.29, 1.82) is 0 Å². The molecule has 0 unspecified atom stereocenters. The molecule has 10 heteroatoms. The zero-order valence-electron chi connectivity index (χ0n) is 15.0. The summed E-state index contributed by atoms with van der Waals surface area (Å²) in [5.74, 6) is 0. The molecule has 9 nitrogen and oxygen atoms in total. The largest absolute Gasteiger partial charge is 0.354 e. The van der Waals surface area contributed by atoms with Crippen LogP contribution in [0.15, 0.2) is 23.8 Å². The Bertz CT molecular complexity index is 903. The molecule has 2 aromatic heterocycles. The molecule has 0 fully saturated rings. The van der Waals surface area contributed by atoms with Crippen LogP contribution in [0.1, 0.15) is 16.8 Å². The van der Waals surface area contributed by atoms with E-state index in [0.29, 0.717) is 12.2 Å². The number of aromatic nitrogens is 5. The standard InChI is InChI=1S/C16H20N8OS/c1-10-5-13(24-9-18-21-22-24)6-14(11(10)2)20-15(25)17-7-12-8-26-16(19-12)23(3)4/h5-6,8-9H,7H2,1-4H3,(H2,17,20,25). The maximum absolute atomic E-state index is 12.3. The third kappa shape index (κ3) is 3.97. The minimum Gasteiger partial charge on any atom is -0.354 e. The van der Waals surface area contributed by atoms with Gasteiger partial charge in [-0.05, 0) is 47.5 Å². The Morgan fingerprint density at radius 2 is 2.12 bits per heavy atom. The van der Waals surface area contributed by atoms with E-state index in [-0.39, 0.29) is 6.03 Å². The molecule has 0 atom stereocenters. The second-order valence-electron chi connectivity index (χ2n) is 6.01. The number of urea groups is 1. The fraction of sp³-hybridized carbons (Fsp3) is 0.312. The van der Waals surface area contributed by atoms with Crippen molar-refractivity contribution >= 4 is 28.2 Å². The third-order valence-corrected chi connectivity index (χ3v) is 4.92. The number of aryl methyl sites for hydroxylation is 1. The summed E-state index contributed by atoms with van der Waals surface area (Å²) in [6.07, 6.45) is 1.51. The summed E-state index contributed by atoms with van der Waals surface area (Å²) in [5.41, 5.74) is 4.33. The Morgan fingerprint density at radius 1 is 1.31 bits per heavy atom. The van der Waals surface area contributed by atoms with Crippen LogP contribution in [-0.2, 0) is 6.54 Å². The molecule has 0 saturated heterocycles. The molecule has 0 bridgehead atoms. The monoisotopic (exact) mass is 372 g/mol. The van der Waals surface area contributed by atoms with Crippen LogP contribution in [0.2, 0.25) is 0 Å². The summed E-state index contributed by atoms with van der Waals surface area (Å²) in [7, 11) is 3.87. The van der Waals surface area contributed by atoms with Gasteiger partial charge in [0.25, 0.3) is 0 Å². The van der Waals surface area contributed by atoms with E-state index in [1.807, 2.05) is 50.4 Å². The molecular weight excluding hydrogens is 352 g/mol. The second-order valence-corrected chi connectivity index (χ2v) is 6.85. The summed E-state index contributed by atoms with van der Waals surface area (Å²) in [6.45, 7) is 4.29. The van der Waals surface area contributed by atoms with E-state index in [1.54, 1.807) is 4.68 Å². The van der Waals surface area contributed by atoms with Crippen LogP contribution in [0.3, 0.4) is 0 Å². The van der Waals surface area contributed by atoms with Crippen molar-refractivity contribution in [3.05, 3.63) is 40.7 Å². The molecule has 3 aromatic rings. The van der Waals surface area contributed by atoms with Gasteiger partial charge < -0.3 is 15.5 Å². The lowest BCUT2D eigenvalue weighted by molar-refractivity contribution is 0.251. The van der Waals surface area contributed by atoms with Crippen LogP contribution in [0.5, 0.6) is 0 Å². The average molecular weight is 372 g/mol. The minimum absolute atomic E-state index is 0.291. The molecule has 0 aliphatic carbocycles. The number of anilines is 2. The minimum atomic E-state index is -0.291. The number of nitrogens with one attached hydrogen (secondary N) is 2. The molecule has 1 aromatic carbocycles. The first-order valence-electron chi connectivity index (χ1n) is 7.95. The quantitative estimate of drug-likeness (QED) is 0.711. The van der Waals surface area contributed by atoms with Gasteiger partial charge >= 0.3 is 6.03 Å². The van der Waals surface area contributed by atoms with E-state index < -0.39 is 0 Å². The van der Waals surface area contributed by atoms with Gasteiger partial charge in [-0.15, -0.1) is 16.4 Å². The topological polar surface area (TPSA) is 101 Å². The smallest absolute Gasteiger partial charge is 0.319 e. The van der Waals surface area contributed by atoms with Crippen LogP contribution in [-0.4, -0.2) is 45.3 Å². The zero-order valence-corrected chi connectivity index (χ0v) is 15.8. The fourth-order valence-corrected chi connectivity index (χ4v) is 3.06. The number of hydrogen-bond acceptors (Lipinski definition) is 7. The summed E-state index contributed by atoms with van der Waals surface area (Å²) < 4.78 is 1.55. The van der Waals surface area contributed by atoms with E-state index in [9.17, 15) is 4.79 Å². The van der Waals surface area contributed by atoms with Gasteiger partial charge in [0.1, 0.15) is 6.33 Å². The van der Waals surface area contributed by atoms with Gasteiger partial charge in [-0.3, -0.25) is 0 Å². The average Bonchev–Trinajstić information content (AvgIpc) is 3.28. The molecule has 2 amide bonds. The summed E-state index contributed by atoms with van der Waals surface area (Å²) in [6, 6.07) is 3.51. The molecule has 26 heavy (non-hydrogen) atoms. The molecule has 0 saturated carbocycles. The molecular formula is C16H20N8OS. The molecule has 0 radical (unpaired) electrons. The summed E-state index contributed by atoms with van der Waals surface area (Å²) >= 11 is 1.54. The van der Waals surface area contributed by atoms with E-state index in [1.165, 1.54) is 17.7 Å². The van der Waals surface area contributed by atoms with Gasteiger partial charge in [0.2, 0.25) is 0 Å². The van der Waals surface area contributed by atoms with Gasteiger partial charge in [-0.25, -0.2) is 14.5 Å². The van der Waals surface area contributed by atoms with E-state index in [2.05, 4.69) is 31.1 Å². The normalized spacial score (nSPS) is 10.6. The van der Waals surface area contributed by atoms with Crippen LogP contribution in [0.4, 0.5) is 15.6 Å². The molecule has 2 N–H and O–H groups in total. The molecule has 0 aliphatic rings. The molecule has 0 aliphatic heterocycles. The number of amides is 2. The summed E-state index contributed by atoms with van der Waals surface area (Å²) in [5, 5.41) is 19.7. The van der Waals surface area contributed by atoms with Crippen LogP contribution in [0.25, 0.3) is 5.69 Å². The maximum Gasteiger partial charge on any atom is 0.319 e. The van der Waals surface area contributed by atoms with E-state index in [0.717, 1.165) is 27.6 Å².